The second kappa shape index (κ2) is 4.89. The topological polar surface area (TPSA) is 53.1 Å². The van der Waals surface area contributed by atoms with Crippen LogP contribution in [0.15, 0.2) is 42.5 Å². The molecule has 4 heteroatoms. The van der Waals surface area contributed by atoms with E-state index < -0.39 is 0 Å². The van der Waals surface area contributed by atoms with Crippen LogP contribution >= 0.6 is 0 Å². The van der Waals surface area contributed by atoms with E-state index in [0.29, 0.717) is 12.5 Å². The smallest absolute Gasteiger partial charge is 0.201 e. The summed E-state index contributed by atoms with van der Waals surface area (Å²) in [5, 5.41) is 0. The highest BCUT2D eigenvalue weighted by Gasteiger charge is 2.10. The minimum absolute atomic E-state index is 0.539. The Balaban J connectivity index is 2.06. The summed E-state index contributed by atoms with van der Waals surface area (Å²) in [5.41, 5.74) is 10.4. The predicted molar refractivity (Wildman–Crippen MR) is 81.0 cm³/mol. The van der Waals surface area contributed by atoms with Crippen molar-refractivity contribution in [3.63, 3.8) is 0 Å². The van der Waals surface area contributed by atoms with E-state index in [0.717, 1.165) is 27.9 Å². The van der Waals surface area contributed by atoms with Crippen LogP contribution in [0.4, 0.5) is 5.95 Å². The first kappa shape index (κ1) is 12.5. The fourth-order valence-corrected chi connectivity index (χ4v) is 2.42. The number of imidazole rings is 1. The lowest BCUT2D eigenvalue weighted by Gasteiger charge is -2.08. The number of nitrogens with zero attached hydrogens (tertiary/aromatic N) is 2. The monoisotopic (exact) mass is 267 g/mol. The molecular formula is C16H17N3O. The number of benzene rings is 2. The Kier molecular flexibility index (Phi) is 3.06. The molecular weight excluding hydrogens is 250 g/mol. The molecule has 0 fully saturated rings. The van der Waals surface area contributed by atoms with Crippen LogP contribution in [-0.4, -0.2) is 16.7 Å². The molecule has 0 saturated carbocycles. The van der Waals surface area contributed by atoms with Gasteiger partial charge >= 0.3 is 0 Å². The SMILES string of the molecule is COc1cccc(Cn2c(N)nc3c(C)cccc32)c1. The number of aryl methyl sites for hydroxylation is 1. The molecule has 2 aromatic carbocycles. The second-order valence-electron chi connectivity index (χ2n) is 4.85. The van der Waals surface area contributed by atoms with Gasteiger partial charge in [-0.15, -0.1) is 0 Å². The Labute approximate surface area is 117 Å². The average molecular weight is 267 g/mol. The van der Waals surface area contributed by atoms with Crippen LogP contribution in [-0.2, 0) is 6.54 Å². The van der Waals surface area contributed by atoms with Gasteiger partial charge in [-0.05, 0) is 36.2 Å². The van der Waals surface area contributed by atoms with Gasteiger partial charge in [0.25, 0.3) is 0 Å². The highest BCUT2D eigenvalue weighted by atomic mass is 16.5. The average Bonchev–Trinajstić information content (AvgIpc) is 2.78. The molecule has 20 heavy (non-hydrogen) atoms. The van der Waals surface area contributed by atoms with Crippen LogP contribution in [0.2, 0.25) is 0 Å². The number of hydrogen-bond donors (Lipinski definition) is 1. The van der Waals surface area contributed by atoms with E-state index in [1.165, 1.54) is 0 Å². The summed E-state index contributed by atoms with van der Waals surface area (Å²) in [5.74, 6) is 1.39. The highest BCUT2D eigenvalue weighted by molar-refractivity contribution is 5.81. The lowest BCUT2D eigenvalue weighted by molar-refractivity contribution is 0.414. The highest BCUT2D eigenvalue weighted by Crippen LogP contribution is 2.23. The van der Waals surface area contributed by atoms with Gasteiger partial charge in [0, 0.05) is 0 Å². The molecule has 0 spiro atoms. The van der Waals surface area contributed by atoms with E-state index in [9.17, 15) is 0 Å². The second-order valence-corrected chi connectivity index (χ2v) is 4.85. The molecule has 1 aromatic heterocycles. The summed E-state index contributed by atoms with van der Waals surface area (Å²) in [6.45, 7) is 2.73. The van der Waals surface area contributed by atoms with E-state index in [-0.39, 0.29) is 0 Å². The Morgan fingerprint density at radius 3 is 2.80 bits per heavy atom. The molecule has 0 bridgehead atoms. The number of hydrogen-bond acceptors (Lipinski definition) is 3. The molecule has 0 aliphatic heterocycles. The zero-order valence-electron chi connectivity index (χ0n) is 11.6. The van der Waals surface area contributed by atoms with Crippen molar-refractivity contribution >= 4 is 17.0 Å². The molecule has 1 heterocycles. The van der Waals surface area contributed by atoms with Crippen molar-refractivity contribution in [3.8, 4) is 5.75 Å². The molecule has 0 atom stereocenters. The Morgan fingerprint density at radius 1 is 1.20 bits per heavy atom. The predicted octanol–water partition coefficient (Wildman–Crippen LogP) is 2.98. The van der Waals surface area contributed by atoms with Crippen LogP contribution in [0.3, 0.4) is 0 Å². The van der Waals surface area contributed by atoms with E-state index in [2.05, 4.69) is 11.1 Å². The third-order valence-corrected chi connectivity index (χ3v) is 3.48. The first-order valence-electron chi connectivity index (χ1n) is 6.53. The van der Waals surface area contributed by atoms with Crippen molar-refractivity contribution in [1.29, 1.82) is 0 Å². The van der Waals surface area contributed by atoms with E-state index in [4.69, 9.17) is 10.5 Å². The molecule has 4 nitrogen and oxygen atoms in total. The van der Waals surface area contributed by atoms with Crippen molar-refractivity contribution in [2.24, 2.45) is 0 Å². The molecule has 0 radical (unpaired) electrons. The fourth-order valence-electron chi connectivity index (χ4n) is 2.42. The number of para-hydroxylation sites is 1. The van der Waals surface area contributed by atoms with Crippen LogP contribution < -0.4 is 10.5 Å². The number of rotatable bonds is 3. The van der Waals surface area contributed by atoms with Crippen molar-refractivity contribution < 1.29 is 4.74 Å². The first-order chi connectivity index (χ1) is 9.69. The molecule has 0 amide bonds. The summed E-state index contributed by atoms with van der Waals surface area (Å²) in [6.07, 6.45) is 0. The van der Waals surface area contributed by atoms with Crippen LogP contribution in [0, 0.1) is 6.92 Å². The number of methoxy groups -OCH3 is 1. The van der Waals surface area contributed by atoms with Crippen molar-refractivity contribution in [2.45, 2.75) is 13.5 Å². The van der Waals surface area contributed by atoms with Crippen LogP contribution in [0.1, 0.15) is 11.1 Å². The van der Waals surface area contributed by atoms with Crippen molar-refractivity contribution in [3.05, 3.63) is 53.6 Å². The van der Waals surface area contributed by atoms with Gasteiger partial charge in [-0.1, -0.05) is 24.3 Å². The summed E-state index contributed by atoms with van der Waals surface area (Å²) in [6, 6.07) is 14.1. The normalized spacial score (nSPS) is 10.9. The van der Waals surface area contributed by atoms with Gasteiger partial charge in [-0.25, -0.2) is 4.98 Å². The number of ether oxygens (including phenoxy) is 1. The van der Waals surface area contributed by atoms with Gasteiger partial charge in [-0.2, -0.15) is 0 Å². The molecule has 0 aliphatic carbocycles. The zero-order valence-corrected chi connectivity index (χ0v) is 11.6. The summed E-state index contributed by atoms with van der Waals surface area (Å²) < 4.78 is 7.28. The number of aromatic nitrogens is 2. The van der Waals surface area contributed by atoms with Gasteiger partial charge in [0.05, 0.1) is 24.7 Å². The number of anilines is 1. The van der Waals surface area contributed by atoms with Gasteiger partial charge in [0.2, 0.25) is 5.95 Å². The lowest BCUT2D eigenvalue weighted by atomic mass is 10.2. The van der Waals surface area contributed by atoms with Gasteiger partial charge < -0.3 is 15.0 Å². The maximum Gasteiger partial charge on any atom is 0.201 e. The van der Waals surface area contributed by atoms with Crippen LogP contribution in [0.25, 0.3) is 11.0 Å². The van der Waals surface area contributed by atoms with Gasteiger partial charge in [-0.3, -0.25) is 0 Å². The molecule has 3 aromatic rings. The summed E-state index contributed by atoms with van der Waals surface area (Å²) in [7, 11) is 1.67. The Bertz CT molecular complexity index is 762. The number of fused-ring (bicyclic) bond motifs is 1. The quantitative estimate of drug-likeness (QED) is 0.793. The molecule has 0 unspecified atom stereocenters. The van der Waals surface area contributed by atoms with Crippen LogP contribution in [0.5, 0.6) is 5.75 Å². The van der Waals surface area contributed by atoms with Gasteiger partial charge in [0.1, 0.15) is 5.75 Å². The van der Waals surface area contributed by atoms with Gasteiger partial charge in [0.15, 0.2) is 0 Å². The minimum atomic E-state index is 0.539. The molecule has 102 valence electrons. The maximum atomic E-state index is 6.06. The third kappa shape index (κ3) is 2.09. The van der Waals surface area contributed by atoms with E-state index in [1.807, 2.05) is 47.9 Å². The molecule has 3 rings (SSSR count). The Hall–Kier alpha value is -2.49. The number of nitrogen functional groups attached to an aromatic ring is 1. The Morgan fingerprint density at radius 2 is 2.00 bits per heavy atom. The lowest BCUT2D eigenvalue weighted by Crippen LogP contribution is -2.04. The minimum Gasteiger partial charge on any atom is -0.497 e. The summed E-state index contributed by atoms with van der Waals surface area (Å²) in [4.78, 5) is 4.46. The fraction of sp³-hybridized carbons (Fsp3) is 0.188. The van der Waals surface area contributed by atoms with Crippen molar-refractivity contribution in [2.75, 3.05) is 12.8 Å². The molecule has 0 aliphatic rings. The third-order valence-electron chi connectivity index (χ3n) is 3.48. The zero-order chi connectivity index (χ0) is 14.1. The maximum absolute atomic E-state index is 6.06. The molecule has 0 saturated heterocycles. The largest absolute Gasteiger partial charge is 0.497 e. The van der Waals surface area contributed by atoms with Crippen molar-refractivity contribution in [1.82, 2.24) is 9.55 Å². The van der Waals surface area contributed by atoms with E-state index >= 15 is 0 Å². The number of nitrogens with two attached hydrogens (primary N) is 1. The van der Waals surface area contributed by atoms with E-state index in [1.54, 1.807) is 7.11 Å². The molecule has 2 N–H and O–H groups in total. The standard InChI is InChI=1S/C16H17N3O/c1-11-5-3-8-14-15(11)18-16(17)19(14)10-12-6-4-7-13(9-12)20-2/h3-9H,10H2,1-2H3,(H2,17,18). The summed E-state index contributed by atoms with van der Waals surface area (Å²) >= 11 is 0. The first-order valence-corrected chi connectivity index (χ1v) is 6.53.